The molecule has 1 amide bonds. The first-order valence-electron chi connectivity index (χ1n) is 10.0. The van der Waals surface area contributed by atoms with E-state index in [9.17, 15) is 9.59 Å². The second-order valence-corrected chi connectivity index (χ2v) is 7.25. The summed E-state index contributed by atoms with van der Waals surface area (Å²) in [5.74, 6) is 2.14. The SMILES string of the molecule is COc1cc(OC)cc(C(=O)N2CCN(c3ccc(-c4ccc(C=O)o4)cc3)CC2)c1. The van der Waals surface area contributed by atoms with Gasteiger partial charge in [0.25, 0.3) is 5.91 Å². The summed E-state index contributed by atoms with van der Waals surface area (Å²) < 4.78 is 16.0. The van der Waals surface area contributed by atoms with E-state index in [1.54, 1.807) is 44.6 Å². The van der Waals surface area contributed by atoms with Crippen LogP contribution in [0.2, 0.25) is 0 Å². The fourth-order valence-corrected chi connectivity index (χ4v) is 3.69. The number of rotatable bonds is 6. The predicted molar refractivity (Wildman–Crippen MR) is 117 cm³/mol. The van der Waals surface area contributed by atoms with Gasteiger partial charge < -0.3 is 23.7 Å². The Morgan fingerprint density at radius 1 is 0.903 bits per heavy atom. The minimum Gasteiger partial charge on any atom is -0.497 e. The number of methoxy groups -OCH3 is 2. The number of carbonyl (C=O) groups excluding carboxylic acids is 2. The maximum atomic E-state index is 13.0. The fourth-order valence-electron chi connectivity index (χ4n) is 3.69. The first-order chi connectivity index (χ1) is 15.1. The van der Waals surface area contributed by atoms with Gasteiger partial charge in [0.15, 0.2) is 12.0 Å². The zero-order valence-electron chi connectivity index (χ0n) is 17.5. The Kier molecular flexibility index (Phi) is 5.93. The highest BCUT2D eigenvalue weighted by Crippen LogP contribution is 2.27. The van der Waals surface area contributed by atoms with E-state index in [0.29, 0.717) is 48.0 Å². The Morgan fingerprint density at radius 3 is 2.10 bits per heavy atom. The summed E-state index contributed by atoms with van der Waals surface area (Å²) in [6.45, 7) is 2.73. The van der Waals surface area contributed by atoms with Gasteiger partial charge in [0.05, 0.1) is 14.2 Å². The van der Waals surface area contributed by atoms with Crippen LogP contribution in [0.4, 0.5) is 5.69 Å². The van der Waals surface area contributed by atoms with Crippen LogP contribution in [0.25, 0.3) is 11.3 Å². The molecule has 0 aliphatic carbocycles. The van der Waals surface area contributed by atoms with Crippen LogP contribution in [0.5, 0.6) is 11.5 Å². The maximum Gasteiger partial charge on any atom is 0.254 e. The van der Waals surface area contributed by atoms with Gasteiger partial charge >= 0.3 is 0 Å². The smallest absolute Gasteiger partial charge is 0.254 e. The largest absolute Gasteiger partial charge is 0.497 e. The van der Waals surface area contributed by atoms with E-state index in [1.165, 1.54) is 0 Å². The number of ether oxygens (including phenoxy) is 2. The summed E-state index contributed by atoms with van der Waals surface area (Å²) in [6, 6.07) is 16.7. The van der Waals surface area contributed by atoms with Crippen molar-refractivity contribution in [2.45, 2.75) is 0 Å². The first-order valence-corrected chi connectivity index (χ1v) is 10.0. The lowest BCUT2D eigenvalue weighted by Crippen LogP contribution is -2.48. The Labute approximate surface area is 180 Å². The van der Waals surface area contributed by atoms with Crippen molar-refractivity contribution in [1.82, 2.24) is 4.90 Å². The van der Waals surface area contributed by atoms with E-state index in [4.69, 9.17) is 13.9 Å². The second-order valence-electron chi connectivity index (χ2n) is 7.25. The normalized spacial score (nSPS) is 13.7. The molecule has 1 aliphatic heterocycles. The van der Waals surface area contributed by atoms with Crippen molar-refractivity contribution >= 4 is 17.9 Å². The van der Waals surface area contributed by atoms with Crippen LogP contribution in [0.15, 0.2) is 59.0 Å². The molecular weight excluding hydrogens is 396 g/mol. The Bertz CT molecular complexity index is 1040. The van der Waals surface area contributed by atoms with Gasteiger partial charge in [-0.2, -0.15) is 0 Å². The van der Waals surface area contributed by atoms with E-state index in [2.05, 4.69) is 4.90 Å². The number of hydrogen-bond donors (Lipinski definition) is 0. The third kappa shape index (κ3) is 4.40. The van der Waals surface area contributed by atoms with Crippen LogP contribution >= 0.6 is 0 Å². The number of aldehydes is 1. The lowest BCUT2D eigenvalue weighted by atomic mass is 10.1. The topological polar surface area (TPSA) is 72.2 Å². The molecule has 0 saturated carbocycles. The Balaban J connectivity index is 1.40. The zero-order valence-corrected chi connectivity index (χ0v) is 17.5. The molecule has 0 bridgehead atoms. The number of anilines is 1. The monoisotopic (exact) mass is 420 g/mol. The molecule has 0 atom stereocenters. The summed E-state index contributed by atoms with van der Waals surface area (Å²) in [6.07, 6.45) is 0.695. The molecule has 7 nitrogen and oxygen atoms in total. The lowest BCUT2D eigenvalue weighted by Gasteiger charge is -2.36. The van der Waals surface area contributed by atoms with E-state index >= 15 is 0 Å². The van der Waals surface area contributed by atoms with E-state index in [0.717, 1.165) is 24.3 Å². The molecule has 2 heterocycles. The summed E-state index contributed by atoms with van der Waals surface area (Å²) in [5.41, 5.74) is 2.56. The van der Waals surface area contributed by atoms with Gasteiger partial charge in [-0.3, -0.25) is 9.59 Å². The number of furan rings is 1. The van der Waals surface area contributed by atoms with Crippen molar-refractivity contribution in [3.05, 3.63) is 65.9 Å². The van der Waals surface area contributed by atoms with Crippen LogP contribution in [0, 0.1) is 0 Å². The van der Waals surface area contributed by atoms with Crippen molar-refractivity contribution in [2.75, 3.05) is 45.3 Å². The van der Waals surface area contributed by atoms with E-state index < -0.39 is 0 Å². The molecule has 1 aromatic heterocycles. The van der Waals surface area contributed by atoms with Crippen molar-refractivity contribution < 1.29 is 23.5 Å². The molecule has 0 unspecified atom stereocenters. The molecule has 1 fully saturated rings. The molecule has 0 radical (unpaired) electrons. The molecule has 3 aromatic rings. The number of amides is 1. The highest BCUT2D eigenvalue weighted by molar-refractivity contribution is 5.95. The average molecular weight is 420 g/mol. The van der Waals surface area contributed by atoms with Gasteiger partial charge in [0, 0.05) is 49.1 Å². The highest BCUT2D eigenvalue weighted by Gasteiger charge is 2.23. The lowest BCUT2D eigenvalue weighted by molar-refractivity contribution is 0.0746. The van der Waals surface area contributed by atoms with Crippen molar-refractivity contribution in [2.24, 2.45) is 0 Å². The summed E-state index contributed by atoms with van der Waals surface area (Å²) in [5, 5.41) is 0. The molecule has 1 saturated heterocycles. The van der Waals surface area contributed by atoms with Crippen LogP contribution in [0.1, 0.15) is 20.9 Å². The number of hydrogen-bond acceptors (Lipinski definition) is 6. The van der Waals surface area contributed by atoms with E-state index in [-0.39, 0.29) is 5.91 Å². The molecule has 2 aromatic carbocycles. The summed E-state index contributed by atoms with van der Waals surface area (Å²) in [7, 11) is 3.14. The van der Waals surface area contributed by atoms with Gasteiger partial charge in [-0.1, -0.05) is 0 Å². The number of benzene rings is 2. The minimum atomic E-state index is -0.0315. The zero-order chi connectivity index (χ0) is 21.8. The summed E-state index contributed by atoms with van der Waals surface area (Å²) in [4.78, 5) is 27.9. The predicted octanol–water partition coefficient (Wildman–Crippen LogP) is 3.74. The number of carbonyl (C=O) groups is 2. The molecule has 31 heavy (non-hydrogen) atoms. The van der Waals surface area contributed by atoms with Crippen molar-refractivity contribution in [3.8, 4) is 22.8 Å². The Morgan fingerprint density at radius 2 is 1.55 bits per heavy atom. The fraction of sp³-hybridized carbons (Fsp3) is 0.250. The standard InChI is InChI=1S/C24H24N2O5/c1-29-21-13-18(14-22(15-21)30-2)24(28)26-11-9-25(10-12-26)19-5-3-17(4-6-19)23-8-7-20(16-27)31-23/h3-8,13-16H,9-12H2,1-2H3. The highest BCUT2D eigenvalue weighted by atomic mass is 16.5. The average Bonchev–Trinajstić information content (AvgIpc) is 3.33. The number of nitrogens with zero attached hydrogens (tertiary/aromatic N) is 2. The number of piperazine rings is 1. The van der Waals surface area contributed by atoms with Gasteiger partial charge in [0.1, 0.15) is 17.3 Å². The van der Waals surface area contributed by atoms with Crippen LogP contribution in [-0.4, -0.2) is 57.5 Å². The van der Waals surface area contributed by atoms with Gasteiger partial charge in [-0.25, -0.2) is 0 Å². The molecule has 0 spiro atoms. The molecule has 1 aliphatic rings. The van der Waals surface area contributed by atoms with E-state index in [1.807, 2.05) is 29.2 Å². The first kappa shape index (κ1) is 20.5. The Hall–Kier alpha value is -3.74. The minimum absolute atomic E-state index is 0.0315. The van der Waals surface area contributed by atoms with Gasteiger partial charge in [-0.05, 0) is 48.5 Å². The van der Waals surface area contributed by atoms with Crippen LogP contribution in [0.3, 0.4) is 0 Å². The quantitative estimate of drug-likeness (QED) is 0.566. The third-order valence-electron chi connectivity index (χ3n) is 5.43. The molecular formula is C24H24N2O5. The van der Waals surface area contributed by atoms with Crippen molar-refractivity contribution in [1.29, 1.82) is 0 Å². The second kappa shape index (κ2) is 8.95. The third-order valence-corrected chi connectivity index (χ3v) is 5.43. The van der Waals surface area contributed by atoms with Crippen LogP contribution < -0.4 is 14.4 Å². The van der Waals surface area contributed by atoms with Crippen LogP contribution in [-0.2, 0) is 0 Å². The van der Waals surface area contributed by atoms with Gasteiger partial charge in [-0.15, -0.1) is 0 Å². The summed E-state index contributed by atoms with van der Waals surface area (Å²) >= 11 is 0. The van der Waals surface area contributed by atoms with Crippen molar-refractivity contribution in [3.63, 3.8) is 0 Å². The van der Waals surface area contributed by atoms with Gasteiger partial charge in [0.2, 0.25) is 0 Å². The molecule has 160 valence electrons. The maximum absolute atomic E-state index is 13.0. The molecule has 4 rings (SSSR count). The molecule has 0 N–H and O–H groups in total. The molecule has 7 heteroatoms.